The molecule has 106 valence electrons. The average molecular weight is 280 g/mol. The molecule has 0 bridgehead atoms. The maximum Gasteiger partial charge on any atom is 0.331 e. The molecule has 0 aliphatic rings. The molecule has 2 aromatic rings. The molecule has 0 saturated carbocycles. The van der Waals surface area contributed by atoms with Gasteiger partial charge in [0.05, 0.1) is 7.11 Å². The van der Waals surface area contributed by atoms with Crippen molar-refractivity contribution in [2.75, 3.05) is 7.11 Å². The van der Waals surface area contributed by atoms with Gasteiger partial charge in [-0.3, -0.25) is 14.3 Å². The van der Waals surface area contributed by atoms with Gasteiger partial charge in [-0.2, -0.15) is 4.39 Å². The van der Waals surface area contributed by atoms with Crippen LogP contribution in [0.1, 0.15) is 5.56 Å². The summed E-state index contributed by atoms with van der Waals surface area (Å²) in [6.45, 7) is 0.0126. The highest BCUT2D eigenvalue weighted by molar-refractivity contribution is 5.33. The highest BCUT2D eigenvalue weighted by Gasteiger charge is 2.14. The van der Waals surface area contributed by atoms with Crippen LogP contribution in [0.25, 0.3) is 0 Å². The minimum Gasteiger partial charge on any atom is -0.496 e. The van der Waals surface area contributed by atoms with Crippen LogP contribution < -0.4 is 16.0 Å². The first-order chi connectivity index (χ1) is 9.54. The second-order valence-electron chi connectivity index (χ2n) is 4.11. The molecule has 1 aromatic carbocycles. The standard InChI is InChI=1S/C13H13FN2O4/c1-20-9-5-3-2-4-8(9)6-7-16-12(18)10(14)11(17)15-13(16)19/h2-5,18H,6-7H2,1H3,(H,15,17,19). The highest BCUT2D eigenvalue weighted by atomic mass is 19.1. The van der Waals surface area contributed by atoms with E-state index >= 15 is 0 Å². The summed E-state index contributed by atoms with van der Waals surface area (Å²) in [4.78, 5) is 24.3. The fraction of sp³-hybridized carbons (Fsp3) is 0.231. The van der Waals surface area contributed by atoms with Crippen molar-refractivity contribution in [3.05, 3.63) is 56.5 Å². The van der Waals surface area contributed by atoms with Crippen molar-refractivity contribution in [2.24, 2.45) is 0 Å². The number of rotatable bonds is 4. The second-order valence-corrected chi connectivity index (χ2v) is 4.11. The lowest BCUT2D eigenvalue weighted by atomic mass is 10.1. The number of nitrogens with zero attached hydrogens (tertiary/aromatic N) is 1. The number of aryl methyl sites for hydroxylation is 1. The zero-order valence-electron chi connectivity index (χ0n) is 10.7. The monoisotopic (exact) mass is 280 g/mol. The van der Waals surface area contributed by atoms with Gasteiger partial charge in [0, 0.05) is 6.54 Å². The van der Waals surface area contributed by atoms with Gasteiger partial charge in [0.25, 0.3) is 5.56 Å². The molecule has 20 heavy (non-hydrogen) atoms. The van der Waals surface area contributed by atoms with E-state index in [2.05, 4.69) is 0 Å². The number of methoxy groups -OCH3 is 1. The van der Waals surface area contributed by atoms with E-state index < -0.39 is 22.9 Å². The fourth-order valence-corrected chi connectivity index (χ4v) is 1.88. The topological polar surface area (TPSA) is 84.3 Å². The SMILES string of the molecule is COc1ccccc1CCn1c(O)c(F)c(=O)[nH]c1=O. The average Bonchev–Trinajstić information content (AvgIpc) is 2.45. The zero-order valence-corrected chi connectivity index (χ0v) is 10.7. The molecule has 6 nitrogen and oxygen atoms in total. The van der Waals surface area contributed by atoms with Crippen LogP contribution in [0.15, 0.2) is 33.9 Å². The van der Waals surface area contributed by atoms with E-state index in [4.69, 9.17) is 4.74 Å². The molecule has 2 rings (SSSR count). The van der Waals surface area contributed by atoms with Crippen molar-refractivity contribution in [2.45, 2.75) is 13.0 Å². The Balaban J connectivity index is 2.30. The molecule has 0 unspecified atom stereocenters. The van der Waals surface area contributed by atoms with Crippen molar-refractivity contribution in [1.29, 1.82) is 0 Å². The maximum atomic E-state index is 13.3. The lowest BCUT2D eigenvalue weighted by Gasteiger charge is -2.10. The number of aromatic nitrogens is 2. The Bertz CT molecular complexity index is 736. The van der Waals surface area contributed by atoms with Gasteiger partial charge in [0.2, 0.25) is 11.7 Å². The molecule has 0 amide bonds. The Morgan fingerprint density at radius 1 is 1.35 bits per heavy atom. The fourth-order valence-electron chi connectivity index (χ4n) is 1.88. The van der Waals surface area contributed by atoms with Crippen molar-refractivity contribution < 1.29 is 14.2 Å². The number of halogens is 1. The third-order valence-electron chi connectivity index (χ3n) is 2.91. The van der Waals surface area contributed by atoms with Gasteiger partial charge in [-0.05, 0) is 18.1 Å². The van der Waals surface area contributed by atoms with Crippen LogP contribution >= 0.6 is 0 Å². The first kappa shape index (κ1) is 13.9. The third-order valence-corrected chi connectivity index (χ3v) is 2.91. The van der Waals surface area contributed by atoms with Crippen LogP contribution in [-0.4, -0.2) is 21.8 Å². The van der Waals surface area contributed by atoms with Crippen molar-refractivity contribution in [3.63, 3.8) is 0 Å². The van der Waals surface area contributed by atoms with Gasteiger partial charge < -0.3 is 9.84 Å². The Hall–Kier alpha value is -2.57. The summed E-state index contributed by atoms with van der Waals surface area (Å²) < 4.78 is 19.2. The molecule has 0 aliphatic carbocycles. The van der Waals surface area contributed by atoms with Crippen molar-refractivity contribution in [1.82, 2.24) is 9.55 Å². The first-order valence-electron chi connectivity index (χ1n) is 5.88. The van der Waals surface area contributed by atoms with Crippen LogP contribution in [0, 0.1) is 5.82 Å². The molecule has 7 heteroatoms. The van der Waals surface area contributed by atoms with Gasteiger partial charge in [0.15, 0.2) is 0 Å². The Morgan fingerprint density at radius 2 is 2.05 bits per heavy atom. The van der Waals surface area contributed by atoms with E-state index in [-0.39, 0.29) is 6.54 Å². The van der Waals surface area contributed by atoms with Gasteiger partial charge in [-0.25, -0.2) is 4.79 Å². The predicted octanol–water partition coefficient (Wildman–Crippen LogP) is 0.633. The number of H-pyrrole nitrogens is 1. The summed E-state index contributed by atoms with van der Waals surface area (Å²) in [6, 6.07) is 7.15. The summed E-state index contributed by atoms with van der Waals surface area (Å²) in [5, 5.41) is 9.50. The molecular weight excluding hydrogens is 267 g/mol. The molecule has 0 atom stereocenters. The summed E-state index contributed by atoms with van der Waals surface area (Å²) in [7, 11) is 1.52. The molecule has 1 aromatic heterocycles. The van der Waals surface area contributed by atoms with E-state index in [1.54, 1.807) is 29.2 Å². The van der Waals surface area contributed by atoms with E-state index in [0.717, 1.165) is 10.1 Å². The van der Waals surface area contributed by atoms with E-state index in [0.29, 0.717) is 12.2 Å². The number of benzene rings is 1. The van der Waals surface area contributed by atoms with Gasteiger partial charge in [0.1, 0.15) is 5.75 Å². The summed E-state index contributed by atoms with van der Waals surface area (Å²) in [6.07, 6.45) is 0.336. The zero-order chi connectivity index (χ0) is 14.7. The Labute approximate surface area is 113 Å². The number of hydrogen-bond donors (Lipinski definition) is 2. The van der Waals surface area contributed by atoms with E-state index in [1.807, 2.05) is 0 Å². The lowest BCUT2D eigenvalue weighted by molar-refractivity contribution is 0.358. The van der Waals surface area contributed by atoms with Crippen LogP contribution in [0.4, 0.5) is 4.39 Å². The van der Waals surface area contributed by atoms with Gasteiger partial charge in [-0.1, -0.05) is 18.2 Å². The first-order valence-corrected chi connectivity index (χ1v) is 5.88. The molecule has 0 aliphatic heterocycles. The highest BCUT2D eigenvalue weighted by Crippen LogP contribution is 2.18. The second kappa shape index (κ2) is 5.60. The molecule has 1 heterocycles. The minimum atomic E-state index is -1.37. The molecule has 0 saturated heterocycles. The van der Waals surface area contributed by atoms with Crippen LogP contribution in [0.3, 0.4) is 0 Å². The van der Waals surface area contributed by atoms with Crippen LogP contribution in [0.2, 0.25) is 0 Å². The van der Waals surface area contributed by atoms with Crippen molar-refractivity contribution in [3.8, 4) is 11.6 Å². The molecule has 0 radical (unpaired) electrons. The largest absolute Gasteiger partial charge is 0.496 e. The van der Waals surface area contributed by atoms with Crippen LogP contribution in [0.5, 0.6) is 11.6 Å². The quantitative estimate of drug-likeness (QED) is 0.860. The number of para-hydroxylation sites is 1. The number of hydrogen-bond acceptors (Lipinski definition) is 4. The van der Waals surface area contributed by atoms with Crippen LogP contribution in [-0.2, 0) is 13.0 Å². The normalized spacial score (nSPS) is 10.5. The van der Waals surface area contributed by atoms with Gasteiger partial charge >= 0.3 is 5.69 Å². The van der Waals surface area contributed by atoms with E-state index in [1.165, 1.54) is 7.11 Å². The number of ether oxygens (including phenoxy) is 1. The lowest BCUT2D eigenvalue weighted by Crippen LogP contribution is -2.32. The number of aromatic amines is 1. The van der Waals surface area contributed by atoms with Crippen molar-refractivity contribution >= 4 is 0 Å². The van der Waals surface area contributed by atoms with E-state index in [9.17, 15) is 19.1 Å². The molecule has 0 spiro atoms. The molecule has 2 N–H and O–H groups in total. The Morgan fingerprint density at radius 3 is 2.75 bits per heavy atom. The summed E-state index contributed by atoms with van der Waals surface area (Å²) in [5.74, 6) is -1.71. The smallest absolute Gasteiger partial charge is 0.331 e. The number of nitrogens with one attached hydrogen (secondary N) is 1. The molecule has 0 fully saturated rings. The minimum absolute atomic E-state index is 0.0126. The summed E-state index contributed by atoms with van der Waals surface area (Å²) >= 11 is 0. The molecular formula is C13H13FN2O4. The Kier molecular flexibility index (Phi) is 3.88. The summed E-state index contributed by atoms with van der Waals surface area (Å²) in [5.41, 5.74) is -1.29. The maximum absolute atomic E-state index is 13.3. The number of aromatic hydroxyl groups is 1. The third kappa shape index (κ3) is 2.56. The predicted molar refractivity (Wildman–Crippen MR) is 69.6 cm³/mol. The van der Waals surface area contributed by atoms with Gasteiger partial charge in [-0.15, -0.1) is 0 Å².